The van der Waals surface area contributed by atoms with Crippen LogP contribution in [0.1, 0.15) is 31.1 Å². The molecule has 5 heteroatoms. The van der Waals surface area contributed by atoms with E-state index in [1.54, 1.807) is 18.2 Å². The van der Waals surface area contributed by atoms with Crippen LogP contribution in [0.5, 0.6) is 0 Å². The lowest BCUT2D eigenvalue weighted by Gasteiger charge is -2.23. The van der Waals surface area contributed by atoms with Crippen LogP contribution in [0.2, 0.25) is 5.02 Å². The summed E-state index contributed by atoms with van der Waals surface area (Å²) < 4.78 is 0. The molecule has 102 valence electrons. The van der Waals surface area contributed by atoms with Gasteiger partial charge in [0.05, 0.1) is 16.3 Å². The van der Waals surface area contributed by atoms with Crippen molar-refractivity contribution in [3.8, 4) is 0 Å². The van der Waals surface area contributed by atoms with Crippen molar-refractivity contribution in [2.24, 2.45) is 0 Å². The van der Waals surface area contributed by atoms with Gasteiger partial charge in [-0.3, -0.25) is 9.59 Å². The lowest BCUT2D eigenvalue weighted by Crippen LogP contribution is -2.42. The van der Waals surface area contributed by atoms with Crippen LogP contribution < -0.4 is 10.2 Å². The first-order valence-corrected chi connectivity index (χ1v) is 6.59. The third-order valence-corrected chi connectivity index (χ3v) is 3.25. The Hall–Kier alpha value is -1.39. The fourth-order valence-corrected chi connectivity index (χ4v) is 2.32. The standard InChI is InChI=1S/C14H17ClN2O2/c1-14(2,3)16-7-8-17-10-6-4-5-9(15)11(10)12(18)13(17)19/h4-6,16H,7-8H2,1-3H3. The Morgan fingerprint density at radius 1 is 1.26 bits per heavy atom. The molecule has 0 spiro atoms. The molecule has 1 amide bonds. The molecule has 0 aromatic heterocycles. The topological polar surface area (TPSA) is 49.4 Å². The van der Waals surface area contributed by atoms with Crippen molar-refractivity contribution < 1.29 is 9.59 Å². The van der Waals surface area contributed by atoms with Gasteiger partial charge in [0.2, 0.25) is 0 Å². The molecule has 0 unspecified atom stereocenters. The number of fused-ring (bicyclic) bond motifs is 1. The number of benzene rings is 1. The van der Waals surface area contributed by atoms with Gasteiger partial charge in [-0.15, -0.1) is 0 Å². The molecule has 1 heterocycles. The number of halogens is 1. The highest BCUT2D eigenvalue weighted by Crippen LogP contribution is 2.33. The summed E-state index contributed by atoms with van der Waals surface area (Å²) >= 11 is 5.99. The lowest BCUT2D eigenvalue weighted by molar-refractivity contribution is -0.114. The smallest absolute Gasteiger partial charge is 0.299 e. The van der Waals surface area contributed by atoms with Crippen LogP contribution in [0, 0.1) is 0 Å². The maximum absolute atomic E-state index is 12.0. The molecule has 0 bridgehead atoms. The summed E-state index contributed by atoms with van der Waals surface area (Å²) in [6.45, 7) is 7.22. The molecule has 0 radical (unpaired) electrons. The van der Waals surface area contributed by atoms with Crippen LogP contribution >= 0.6 is 11.6 Å². The fourth-order valence-electron chi connectivity index (χ4n) is 2.07. The molecule has 1 aromatic rings. The summed E-state index contributed by atoms with van der Waals surface area (Å²) in [6.07, 6.45) is 0. The first-order chi connectivity index (χ1) is 8.81. The van der Waals surface area contributed by atoms with E-state index in [0.717, 1.165) is 0 Å². The van der Waals surface area contributed by atoms with Crippen molar-refractivity contribution in [2.75, 3.05) is 18.0 Å². The number of hydrogen-bond donors (Lipinski definition) is 1. The number of anilines is 1. The second-order valence-electron chi connectivity index (χ2n) is 5.60. The maximum atomic E-state index is 12.0. The number of carbonyl (C=O) groups is 2. The monoisotopic (exact) mass is 280 g/mol. The Kier molecular flexibility index (Phi) is 3.65. The highest BCUT2D eigenvalue weighted by atomic mass is 35.5. The van der Waals surface area contributed by atoms with Gasteiger partial charge in [-0.25, -0.2) is 0 Å². The zero-order valence-corrected chi connectivity index (χ0v) is 12.0. The summed E-state index contributed by atoms with van der Waals surface area (Å²) in [5.74, 6) is -1.02. The van der Waals surface area contributed by atoms with Crippen LogP contribution in [-0.2, 0) is 4.79 Å². The van der Waals surface area contributed by atoms with Crippen molar-refractivity contribution >= 4 is 29.0 Å². The summed E-state index contributed by atoms with van der Waals surface area (Å²) in [5, 5.41) is 3.63. The van der Waals surface area contributed by atoms with Crippen LogP contribution in [0.25, 0.3) is 0 Å². The van der Waals surface area contributed by atoms with Gasteiger partial charge < -0.3 is 10.2 Å². The van der Waals surface area contributed by atoms with Crippen molar-refractivity contribution in [1.82, 2.24) is 5.32 Å². The highest BCUT2D eigenvalue weighted by molar-refractivity contribution is 6.55. The number of hydrogen-bond acceptors (Lipinski definition) is 3. The van der Waals surface area contributed by atoms with E-state index < -0.39 is 11.7 Å². The zero-order valence-electron chi connectivity index (χ0n) is 11.3. The predicted octanol–water partition coefficient (Wildman–Crippen LogP) is 2.26. The molecule has 0 atom stereocenters. The summed E-state index contributed by atoms with van der Waals surface area (Å²) in [6, 6.07) is 5.13. The molecule has 1 N–H and O–H groups in total. The van der Waals surface area contributed by atoms with Gasteiger partial charge >= 0.3 is 0 Å². The minimum Gasteiger partial charge on any atom is -0.310 e. The quantitative estimate of drug-likeness (QED) is 0.864. The highest BCUT2D eigenvalue weighted by Gasteiger charge is 2.37. The van der Waals surface area contributed by atoms with Crippen LogP contribution in [0.4, 0.5) is 5.69 Å². The molecule has 1 aromatic carbocycles. The Morgan fingerprint density at radius 2 is 1.95 bits per heavy atom. The number of rotatable bonds is 3. The van der Waals surface area contributed by atoms with Crippen molar-refractivity contribution in [1.29, 1.82) is 0 Å². The molecule has 4 nitrogen and oxygen atoms in total. The molecule has 1 aliphatic rings. The third-order valence-electron chi connectivity index (χ3n) is 2.94. The molecule has 19 heavy (non-hydrogen) atoms. The van der Waals surface area contributed by atoms with Crippen LogP contribution in [-0.4, -0.2) is 30.3 Å². The molecule has 0 aliphatic carbocycles. The van der Waals surface area contributed by atoms with Gasteiger partial charge in [0, 0.05) is 18.6 Å². The molecular weight excluding hydrogens is 264 g/mol. The minimum absolute atomic E-state index is 0.0239. The van der Waals surface area contributed by atoms with E-state index in [1.165, 1.54) is 4.90 Å². The van der Waals surface area contributed by atoms with Crippen molar-refractivity contribution in [3.05, 3.63) is 28.8 Å². The van der Waals surface area contributed by atoms with Crippen LogP contribution in [0.3, 0.4) is 0 Å². The number of Topliss-reactive ketones (excluding diaryl/α,β-unsaturated/α-hetero) is 1. The first-order valence-electron chi connectivity index (χ1n) is 6.21. The Labute approximate surface area is 117 Å². The van der Waals surface area contributed by atoms with Gasteiger partial charge in [0.15, 0.2) is 0 Å². The van der Waals surface area contributed by atoms with Crippen LogP contribution in [0.15, 0.2) is 18.2 Å². The first kappa shape index (κ1) is 14.0. The second-order valence-corrected chi connectivity index (χ2v) is 6.00. The number of nitrogens with zero attached hydrogens (tertiary/aromatic N) is 1. The molecule has 1 aliphatic heterocycles. The van der Waals surface area contributed by atoms with Gasteiger partial charge in [-0.05, 0) is 32.9 Å². The summed E-state index contributed by atoms with van der Waals surface area (Å²) in [5.41, 5.74) is 0.910. The summed E-state index contributed by atoms with van der Waals surface area (Å²) in [4.78, 5) is 25.3. The molecular formula is C14H17ClN2O2. The lowest BCUT2D eigenvalue weighted by atomic mass is 10.1. The average molecular weight is 281 g/mol. The molecule has 0 saturated carbocycles. The van der Waals surface area contributed by atoms with E-state index in [2.05, 4.69) is 26.1 Å². The Morgan fingerprint density at radius 3 is 2.58 bits per heavy atom. The Bertz CT molecular complexity index is 535. The molecule has 2 rings (SSSR count). The Balaban J connectivity index is 2.18. The number of ketones is 1. The van der Waals surface area contributed by atoms with Crippen molar-refractivity contribution in [3.63, 3.8) is 0 Å². The van der Waals surface area contributed by atoms with Crippen molar-refractivity contribution in [2.45, 2.75) is 26.3 Å². The van der Waals surface area contributed by atoms with Gasteiger partial charge in [0.25, 0.3) is 11.7 Å². The molecule has 0 saturated heterocycles. The predicted molar refractivity (Wildman–Crippen MR) is 75.9 cm³/mol. The minimum atomic E-state index is -0.517. The van der Waals surface area contributed by atoms with E-state index in [-0.39, 0.29) is 5.54 Å². The normalized spacial score (nSPS) is 15.1. The summed E-state index contributed by atoms with van der Waals surface area (Å²) in [7, 11) is 0. The van der Waals surface area contributed by atoms with E-state index in [0.29, 0.717) is 29.4 Å². The van der Waals surface area contributed by atoms with E-state index >= 15 is 0 Å². The SMILES string of the molecule is CC(C)(C)NCCN1C(=O)C(=O)c2c(Cl)cccc21. The zero-order chi connectivity index (χ0) is 14.2. The number of amides is 1. The third kappa shape index (κ3) is 2.80. The number of carbonyl (C=O) groups excluding carboxylic acids is 2. The van der Waals surface area contributed by atoms with E-state index in [1.807, 2.05) is 0 Å². The average Bonchev–Trinajstić information content (AvgIpc) is 2.54. The fraction of sp³-hybridized carbons (Fsp3) is 0.429. The van der Waals surface area contributed by atoms with E-state index in [9.17, 15) is 9.59 Å². The van der Waals surface area contributed by atoms with Gasteiger partial charge in [-0.2, -0.15) is 0 Å². The van der Waals surface area contributed by atoms with E-state index in [4.69, 9.17) is 11.6 Å². The van der Waals surface area contributed by atoms with Gasteiger partial charge in [0.1, 0.15) is 0 Å². The number of nitrogens with one attached hydrogen (secondary N) is 1. The maximum Gasteiger partial charge on any atom is 0.299 e. The molecule has 0 fully saturated rings. The largest absolute Gasteiger partial charge is 0.310 e. The van der Waals surface area contributed by atoms with Gasteiger partial charge in [-0.1, -0.05) is 17.7 Å². The second kappa shape index (κ2) is 4.94.